The van der Waals surface area contributed by atoms with Crippen LogP contribution in [-0.2, 0) is 4.79 Å². The second-order valence-electron chi connectivity index (χ2n) is 4.48. The van der Waals surface area contributed by atoms with Gasteiger partial charge in [-0.25, -0.2) is 0 Å². The van der Waals surface area contributed by atoms with Crippen molar-refractivity contribution in [2.24, 2.45) is 4.90 Å². The first kappa shape index (κ1) is 12.5. The van der Waals surface area contributed by atoms with Crippen molar-refractivity contribution in [2.45, 2.75) is 0 Å². The number of nitrogens with zero attached hydrogens (tertiary/aromatic N) is 1. The zero-order valence-corrected chi connectivity index (χ0v) is 11.2. The Morgan fingerprint density at radius 3 is 2.75 bits per heavy atom. The van der Waals surface area contributed by atoms with E-state index in [0.717, 1.165) is 16.9 Å². The summed E-state index contributed by atoms with van der Waals surface area (Å²) >= 11 is 0. The minimum atomic E-state index is -0.404. The minimum absolute atomic E-state index is 0.0199. The zero-order chi connectivity index (χ0) is 14.1. The average molecular weight is 268 g/mol. The topological polar surface area (TPSA) is 59.9 Å². The second-order valence-corrected chi connectivity index (χ2v) is 4.48. The van der Waals surface area contributed by atoms with Crippen LogP contribution in [0.3, 0.4) is 0 Å². The lowest BCUT2D eigenvalue weighted by Gasteiger charge is -2.20. The summed E-state index contributed by atoms with van der Waals surface area (Å²) < 4.78 is 10.5. The van der Waals surface area contributed by atoms with E-state index >= 15 is 0 Å². The van der Waals surface area contributed by atoms with E-state index in [9.17, 15) is 4.79 Å². The van der Waals surface area contributed by atoms with E-state index < -0.39 is 6.85 Å². The molecule has 0 unspecified atom stereocenters. The molecule has 0 saturated carbocycles. The van der Waals surface area contributed by atoms with Gasteiger partial charge in [0.05, 0.1) is 14.2 Å². The summed E-state index contributed by atoms with van der Waals surface area (Å²) in [6.45, 7) is -0.404. The van der Waals surface area contributed by atoms with Gasteiger partial charge in [0.25, 0.3) is 0 Å². The number of benzene rings is 1. The lowest BCUT2D eigenvalue weighted by atomic mass is 9.55. The molecule has 3 rings (SSSR count). The molecule has 20 heavy (non-hydrogen) atoms. The highest BCUT2D eigenvalue weighted by atomic mass is 16.5. The Morgan fingerprint density at radius 1 is 1.20 bits per heavy atom. The third kappa shape index (κ3) is 1.99. The summed E-state index contributed by atoms with van der Waals surface area (Å²) in [5, 5.41) is 3.23. The van der Waals surface area contributed by atoms with Gasteiger partial charge in [-0.15, -0.1) is 0 Å². The van der Waals surface area contributed by atoms with Crippen molar-refractivity contribution < 1.29 is 14.3 Å². The Balaban J connectivity index is 1.97. The molecule has 0 saturated heterocycles. The van der Waals surface area contributed by atoms with Crippen LogP contribution >= 0.6 is 0 Å². The van der Waals surface area contributed by atoms with Crippen LogP contribution in [0.2, 0.25) is 0 Å². The number of carbonyl (C=O) groups excluding carboxylic acids is 1. The molecule has 2 aliphatic heterocycles. The summed E-state index contributed by atoms with van der Waals surface area (Å²) in [6, 6.07) is 5.53. The van der Waals surface area contributed by atoms with Gasteiger partial charge < -0.3 is 24.5 Å². The summed E-state index contributed by atoms with van der Waals surface area (Å²) in [4.78, 5) is 16.1. The van der Waals surface area contributed by atoms with Crippen LogP contribution in [-0.4, -0.2) is 33.0 Å². The molecule has 0 amide bonds. The van der Waals surface area contributed by atoms with E-state index in [4.69, 9.17) is 9.47 Å². The van der Waals surface area contributed by atoms with Gasteiger partial charge in [0.2, 0.25) is 0 Å². The molecule has 1 N–H and O–H groups in total. The standard InChI is InChI=1S/C14H13BN2O3/c1-19-11-4-3-9(7-12(11)20-2)10-8-14(18)15-13(17-10)5-6-16-15/h3-8,17H,1-2H3. The fourth-order valence-corrected chi connectivity index (χ4v) is 2.29. The molecule has 0 spiro atoms. The number of carbonyl (C=O) groups is 1. The normalized spacial score (nSPS) is 16.3. The highest BCUT2D eigenvalue weighted by Crippen LogP contribution is 2.31. The second kappa shape index (κ2) is 4.88. The predicted octanol–water partition coefficient (Wildman–Crippen LogP) is 1.26. The quantitative estimate of drug-likeness (QED) is 0.838. The van der Waals surface area contributed by atoms with Gasteiger partial charge in [0.1, 0.15) is 0 Å². The van der Waals surface area contributed by atoms with Crippen molar-refractivity contribution >= 4 is 24.4 Å². The monoisotopic (exact) mass is 268 g/mol. The molecule has 0 atom stereocenters. The molecule has 0 aromatic heterocycles. The Kier molecular flexibility index (Phi) is 3.06. The van der Waals surface area contributed by atoms with Gasteiger partial charge in [0, 0.05) is 23.1 Å². The number of nitrogens with one attached hydrogen (secondary N) is 1. The van der Waals surface area contributed by atoms with E-state index in [1.54, 1.807) is 26.5 Å². The van der Waals surface area contributed by atoms with Gasteiger partial charge in [0.15, 0.2) is 17.2 Å². The summed E-state index contributed by atoms with van der Waals surface area (Å²) in [5.74, 6) is 1.28. The molecule has 0 fully saturated rings. The van der Waals surface area contributed by atoms with Crippen LogP contribution in [0.1, 0.15) is 5.56 Å². The molecule has 0 aliphatic carbocycles. The van der Waals surface area contributed by atoms with Gasteiger partial charge in [-0.2, -0.15) is 0 Å². The Labute approximate surface area is 117 Å². The molecule has 6 heteroatoms. The number of ether oxygens (including phenoxy) is 2. The summed E-state index contributed by atoms with van der Waals surface area (Å²) in [7, 11) is 3.17. The number of methoxy groups -OCH3 is 2. The van der Waals surface area contributed by atoms with Crippen molar-refractivity contribution in [2.75, 3.05) is 14.2 Å². The third-order valence-electron chi connectivity index (χ3n) is 3.31. The molecule has 5 nitrogen and oxygen atoms in total. The van der Waals surface area contributed by atoms with Gasteiger partial charge in [-0.05, 0) is 30.4 Å². The molecule has 1 aromatic rings. The maximum Gasteiger partial charge on any atom is 0.406 e. The SMILES string of the molecule is COc1ccc(C2=CC(=O)B3N=CC=C3N2)cc1OC. The first-order valence-corrected chi connectivity index (χ1v) is 6.21. The lowest BCUT2D eigenvalue weighted by Crippen LogP contribution is -2.35. The van der Waals surface area contributed by atoms with Crippen LogP contribution in [0, 0.1) is 0 Å². The fourth-order valence-electron chi connectivity index (χ4n) is 2.29. The summed E-state index contributed by atoms with van der Waals surface area (Å²) in [6.07, 6.45) is 5.04. The first-order chi connectivity index (χ1) is 9.72. The van der Waals surface area contributed by atoms with E-state index in [0.29, 0.717) is 11.5 Å². The molecular formula is C14H13BN2O3. The van der Waals surface area contributed by atoms with Crippen molar-refractivity contribution in [3.8, 4) is 11.5 Å². The number of fused-ring (bicyclic) bond motifs is 1. The Morgan fingerprint density at radius 2 is 2.00 bits per heavy atom. The van der Waals surface area contributed by atoms with Crippen LogP contribution in [0.15, 0.2) is 40.9 Å². The summed E-state index contributed by atoms with van der Waals surface area (Å²) in [5.41, 5.74) is 2.39. The van der Waals surface area contributed by atoms with Crippen molar-refractivity contribution in [1.82, 2.24) is 5.32 Å². The third-order valence-corrected chi connectivity index (χ3v) is 3.31. The van der Waals surface area contributed by atoms with Crippen LogP contribution in [0.4, 0.5) is 0 Å². The fraction of sp³-hybridized carbons (Fsp3) is 0.143. The van der Waals surface area contributed by atoms with Gasteiger partial charge in [-0.3, -0.25) is 0 Å². The van der Waals surface area contributed by atoms with Gasteiger partial charge in [-0.1, -0.05) is 0 Å². The number of hydrogen-bond donors (Lipinski definition) is 1. The maximum absolute atomic E-state index is 12.0. The minimum Gasteiger partial charge on any atom is -0.493 e. The smallest absolute Gasteiger partial charge is 0.406 e. The van der Waals surface area contributed by atoms with Crippen molar-refractivity contribution in [1.29, 1.82) is 0 Å². The van der Waals surface area contributed by atoms with E-state index in [1.165, 1.54) is 0 Å². The molecule has 0 radical (unpaired) electrons. The Bertz CT molecular complexity index is 664. The van der Waals surface area contributed by atoms with Gasteiger partial charge >= 0.3 is 6.85 Å². The molecule has 2 heterocycles. The van der Waals surface area contributed by atoms with Crippen LogP contribution in [0.5, 0.6) is 11.5 Å². The van der Waals surface area contributed by atoms with E-state index in [1.807, 2.05) is 24.3 Å². The largest absolute Gasteiger partial charge is 0.493 e. The molecular weight excluding hydrogens is 255 g/mol. The zero-order valence-electron chi connectivity index (χ0n) is 11.2. The molecule has 2 aliphatic rings. The highest BCUT2D eigenvalue weighted by molar-refractivity contribution is 6.97. The van der Waals surface area contributed by atoms with Crippen LogP contribution in [0.25, 0.3) is 5.70 Å². The number of allylic oxidation sites excluding steroid dienone is 2. The molecule has 0 bridgehead atoms. The van der Waals surface area contributed by atoms with Crippen molar-refractivity contribution in [3.05, 3.63) is 41.5 Å². The van der Waals surface area contributed by atoms with E-state index in [2.05, 4.69) is 10.2 Å². The predicted molar refractivity (Wildman–Crippen MR) is 78.0 cm³/mol. The number of hydrogen-bond acceptors (Lipinski definition) is 5. The van der Waals surface area contributed by atoms with Crippen LogP contribution < -0.4 is 14.8 Å². The molecule has 100 valence electrons. The maximum atomic E-state index is 12.0. The lowest BCUT2D eigenvalue weighted by molar-refractivity contribution is -0.108. The Hall–Kier alpha value is -2.50. The first-order valence-electron chi connectivity index (χ1n) is 6.21. The van der Waals surface area contributed by atoms with Crippen molar-refractivity contribution in [3.63, 3.8) is 0 Å². The molecule has 1 aromatic carbocycles. The number of rotatable bonds is 3. The van der Waals surface area contributed by atoms with E-state index in [-0.39, 0.29) is 5.68 Å². The average Bonchev–Trinajstić information content (AvgIpc) is 2.95. The highest BCUT2D eigenvalue weighted by Gasteiger charge is 2.33.